The van der Waals surface area contributed by atoms with Crippen molar-refractivity contribution in [2.45, 2.75) is 32.2 Å². The number of carbonyl (C=O) groups is 1. The van der Waals surface area contributed by atoms with Gasteiger partial charge in [-0.3, -0.25) is 4.79 Å². The van der Waals surface area contributed by atoms with Crippen LogP contribution in [0.3, 0.4) is 0 Å². The highest BCUT2D eigenvalue weighted by molar-refractivity contribution is 7.89. The molecule has 0 radical (unpaired) electrons. The van der Waals surface area contributed by atoms with Gasteiger partial charge < -0.3 is 5.32 Å². The second kappa shape index (κ2) is 8.03. The van der Waals surface area contributed by atoms with Gasteiger partial charge in [0.1, 0.15) is 0 Å². The van der Waals surface area contributed by atoms with Crippen molar-refractivity contribution in [3.63, 3.8) is 0 Å². The molecule has 0 saturated carbocycles. The highest BCUT2D eigenvalue weighted by atomic mass is 32.2. The molecule has 0 aliphatic heterocycles. The van der Waals surface area contributed by atoms with E-state index in [2.05, 4.69) is 20.4 Å². The summed E-state index contributed by atoms with van der Waals surface area (Å²) >= 11 is 0. The number of sulfonamides is 1. The molecule has 0 aliphatic carbocycles. The fourth-order valence-corrected chi connectivity index (χ4v) is 4.21. The molecule has 28 heavy (non-hydrogen) atoms. The summed E-state index contributed by atoms with van der Waals surface area (Å²) in [6.07, 6.45) is 1.61. The summed E-state index contributed by atoms with van der Waals surface area (Å²) in [5, 5.41) is 6.89. The molecule has 0 fully saturated rings. The maximum atomic E-state index is 12.5. The van der Waals surface area contributed by atoms with E-state index in [4.69, 9.17) is 0 Å². The number of amides is 1. The maximum absolute atomic E-state index is 12.5. The van der Waals surface area contributed by atoms with Gasteiger partial charge in [0.2, 0.25) is 15.8 Å². The molecule has 0 spiro atoms. The third-order valence-corrected chi connectivity index (χ3v) is 6.42. The molecule has 148 valence electrons. The first-order valence-electron chi connectivity index (χ1n) is 8.92. The van der Waals surface area contributed by atoms with E-state index in [9.17, 15) is 13.2 Å². The van der Waals surface area contributed by atoms with Gasteiger partial charge in [-0.1, -0.05) is 26.0 Å². The third-order valence-electron chi connectivity index (χ3n) is 4.35. The zero-order chi connectivity index (χ0) is 20.3. The van der Waals surface area contributed by atoms with E-state index >= 15 is 0 Å². The predicted octanol–water partition coefficient (Wildman–Crippen LogP) is 1.39. The number of carbonyl (C=O) groups excluding carboxylic acids is 1. The summed E-state index contributed by atoms with van der Waals surface area (Å²) in [4.78, 5) is 20.7. The fraction of sp³-hybridized carbons (Fsp3) is 0.333. The second-order valence-corrected chi connectivity index (χ2v) is 8.09. The molecule has 0 bridgehead atoms. The smallest absolute Gasteiger partial charge is 0.291 e. The zero-order valence-corrected chi connectivity index (χ0v) is 16.8. The monoisotopic (exact) mass is 402 g/mol. The molecule has 2 heterocycles. The topological polar surface area (TPSA) is 110 Å². The van der Waals surface area contributed by atoms with Gasteiger partial charge in [0.05, 0.1) is 4.90 Å². The number of nitrogens with one attached hydrogen (secondary N) is 1. The van der Waals surface area contributed by atoms with Gasteiger partial charge >= 0.3 is 0 Å². The van der Waals surface area contributed by atoms with Crippen LogP contribution < -0.4 is 5.32 Å². The molecule has 3 aromatic rings. The lowest BCUT2D eigenvalue weighted by Gasteiger charge is -2.18. The lowest BCUT2D eigenvalue weighted by molar-refractivity contribution is 0.0940. The van der Waals surface area contributed by atoms with Crippen LogP contribution in [0.15, 0.2) is 41.4 Å². The van der Waals surface area contributed by atoms with Crippen LogP contribution in [0.2, 0.25) is 0 Å². The molecule has 0 atom stereocenters. The van der Waals surface area contributed by atoms with Crippen LogP contribution in [0.1, 0.15) is 35.7 Å². The molecule has 2 aromatic heterocycles. The van der Waals surface area contributed by atoms with Gasteiger partial charge in [-0.05, 0) is 30.7 Å². The number of aromatic nitrogens is 4. The van der Waals surface area contributed by atoms with Gasteiger partial charge in [-0.15, -0.1) is 5.10 Å². The Hall–Kier alpha value is -2.85. The van der Waals surface area contributed by atoms with E-state index in [1.54, 1.807) is 50.4 Å². The zero-order valence-electron chi connectivity index (χ0n) is 16.0. The maximum Gasteiger partial charge on any atom is 0.291 e. The molecule has 10 heteroatoms. The Labute approximate surface area is 163 Å². The Morgan fingerprint density at radius 3 is 2.43 bits per heavy atom. The molecule has 9 nitrogen and oxygen atoms in total. The van der Waals surface area contributed by atoms with E-state index in [0.29, 0.717) is 18.9 Å². The molecular weight excluding hydrogens is 380 g/mol. The highest BCUT2D eigenvalue weighted by Crippen LogP contribution is 2.16. The fourth-order valence-electron chi connectivity index (χ4n) is 2.76. The van der Waals surface area contributed by atoms with E-state index in [-0.39, 0.29) is 17.3 Å². The minimum Gasteiger partial charge on any atom is -0.345 e. The number of aryl methyl sites for hydroxylation is 1. The van der Waals surface area contributed by atoms with Crippen molar-refractivity contribution in [2.24, 2.45) is 0 Å². The Bertz CT molecular complexity index is 1090. The van der Waals surface area contributed by atoms with Crippen molar-refractivity contribution in [3.8, 4) is 0 Å². The first-order valence-corrected chi connectivity index (χ1v) is 10.4. The van der Waals surface area contributed by atoms with Gasteiger partial charge in [-0.25, -0.2) is 17.9 Å². The highest BCUT2D eigenvalue weighted by Gasteiger charge is 2.21. The summed E-state index contributed by atoms with van der Waals surface area (Å²) in [5.74, 6) is -0.0385. The van der Waals surface area contributed by atoms with E-state index in [0.717, 1.165) is 11.3 Å². The van der Waals surface area contributed by atoms with Crippen molar-refractivity contribution < 1.29 is 13.2 Å². The summed E-state index contributed by atoms with van der Waals surface area (Å²) in [6.45, 7) is 6.50. The van der Waals surface area contributed by atoms with Crippen LogP contribution in [0.4, 0.5) is 0 Å². The average Bonchev–Trinajstić information content (AvgIpc) is 3.13. The molecule has 1 amide bonds. The van der Waals surface area contributed by atoms with E-state index < -0.39 is 15.9 Å². The minimum atomic E-state index is -3.49. The number of hydrogen-bond acceptors (Lipinski definition) is 6. The molecule has 0 saturated heterocycles. The average molecular weight is 402 g/mol. The number of rotatable bonds is 7. The van der Waals surface area contributed by atoms with Gasteiger partial charge in [0.15, 0.2) is 0 Å². The van der Waals surface area contributed by atoms with Crippen molar-refractivity contribution in [1.29, 1.82) is 0 Å². The molecule has 1 N–H and O–H groups in total. The molecule has 1 aromatic carbocycles. The molecule has 0 unspecified atom stereocenters. The van der Waals surface area contributed by atoms with Crippen molar-refractivity contribution in [3.05, 3.63) is 53.6 Å². The first kappa shape index (κ1) is 19.9. The largest absolute Gasteiger partial charge is 0.345 e. The molecular formula is C18H22N6O3S. The Kier molecular flexibility index (Phi) is 5.71. The van der Waals surface area contributed by atoms with E-state index in [1.807, 2.05) is 6.92 Å². The van der Waals surface area contributed by atoms with Crippen molar-refractivity contribution in [2.75, 3.05) is 13.1 Å². The van der Waals surface area contributed by atoms with Crippen LogP contribution in [-0.4, -0.2) is 51.3 Å². The molecule has 0 aliphatic rings. The SMILES string of the molecule is CCN(CC)S(=O)(=O)c1ccc(CNC(=O)c2nc3nccc(C)n3n2)cc1. The third kappa shape index (κ3) is 3.87. The number of fused-ring (bicyclic) bond motifs is 1. The molecule has 3 rings (SSSR count). The van der Waals surface area contributed by atoms with Crippen LogP contribution in [-0.2, 0) is 16.6 Å². The van der Waals surface area contributed by atoms with Crippen LogP contribution in [0.25, 0.3) is 5.78 Å². The van der Waals surface area contributed by atoms with Crippen molar-refractivity contribution >= 4 is 21.7 Å². The van der Waals surface area contributed by atoms with Crippen LogP contribution >= 0.6 is 0 Å². The standard InChI is InChI=1S/C18H22N6O3S/c1-4-23(5-2)28(26,27)15-8-6-14(7-9-15)12-20-17(25)16-21-18-19-11-10-13(3)24(18)22-16/h6-11H,4-5,12H2,1-3H3,(H,20,25). The van der Waals surface area contributed by atoms with Gasteiger partial charge in [-0.2, -0.15) is 9.29 Å². The quantitative estimate of drug-likeness (QED) is 0.640. The Morgan fingerprint density at radius 1 is 1.14 bits per heavy atom. The second-order valence-electron chi connectivity index (χ2n) is 6.15. The van der Waals surface area contributed by atoms with Gasteiger partial charge in [0, 0.05) is 31.5 Å². The van der Waals surface area contributed by atoms with Crippen LogP contribution in [0, 0.1) is 6.92 Å². The first-order chi connectivity index (χ1) is 13.4. The number of nitrogens with zero attached hydrogens (tertiary/aromatic N) is 5. The summed E-state index contributed by atoms with van der Waals surface area (Å²) in [7, 11) is -3.49. The Balaban J connectivity index is 1.69. The number of benzene rings is 1. The summed E-state index contributed by atoms with van der Waals surface area (Å²) in [5.41, 5.74) is 1.59. The lowest BCUT2D eigenvalue weighted by atomic mass is 10.2. The summed E-state index contributed by atoms with van der Waals surface area (Å²) in [6, 6.07) is 8.23. The van der Waals surface area contributed by atoms with Gasteiger partial charge in [0.25, 0.3) is 11.7 Å². The normalized spacial score (nSPS) is 11.9. The minimum absolute atomic E-state index is 0.0301. The predicted molar refractivity (Wildman–Crippen MR) is 103 cm³/mol. The van der Waals surface area contributed by atoms with E-state index in [1.165, 1.54) is 8.82 Å². The number of hydrogen-bond donors (Lipinski definition) is 1. The lowest BCUT2D eigenvalue weighted by Crippen LogP contribution is -2.30. The Morgan fingerprint density at radius 2 is 1.82 bits per heavy atom. The summed E-state index contributed by atoms with van der Waals surface area (Å²) < 4.78 is 27.9. The van der Waals surface area contributed by atoms with Crippen molar-refractivity contribution in [1.82, 2.24) is 29.2 Å². The van der Waals surface area contributed by atoms with Crippen LogP contribution in [0.5, 0.6) is 0 Å².